The first-order valence-corrected chi connectivity index (χ1v) is 5.79. The molecule has 96 valence electrons. The highest BCUT2D eigenvalue weighted by Gasteiger charge is 2.23. The second kappa shape index (κ2) is 7.01. The van der Waals surface area contributed by atoms with Crippen molar-refractivity contribution in [2.24, 2.45) is 0 Å². The molecule has 1 heterocycles. The third-order valence-corrected chi connectivity index (χ3v) is 2.76. The van der Waals surface area contributed by atoms with Crippen LogP contribution in [0.3, 0.4) is 0 Å². The average Bonchev–Trinajstić information content (AvgIpc) is 2.36. The summed E-state index contributed by atoms with van der Waals surface area (Å²) in [5.74, 6) is -0.475. The molecule has 1 saturated heterocycles. The number of aliphatic hydroxyl groups is 1. The Morgan fingerprint density at radius 2 is 2.24 bits per heavy atom. The normalized spacial score (nSPS) is 19.8. The van der Waals surface area contributed by atoms with Gasteiger partial charge in [0.2, 0.25) is 11.8 Å². The van der Waals surface area contributed by atoms with Gasteiger partial charge in [0.1, 0.15) is 12.9 Å². The van der Waals surface area contributed by atoms with E-state index in [-0.39, 0.29) is 24.8 Å². The minimum absolute atomic E-state index is 0.0555. The van der Waals surface area contributed by atoms with Crippen molar-refractivity contribution in [3.63, 3.8) is 0 Å². The standard InChI is InChI=1S/C11H18N2O4/c14-6-2-4-11(17)13-5-1-3-9(7-13)12-10(16)8-15/h6,9,15H,1-5,7-8H2,(H,12,16). The van der Waals surface area contributed by atoms with Crippen molar-refractivity contribution in [1.82, 2.24) is 10.2 Å². The first kappa shape index (κ1) is 13.6. The van der Waals surface area contributed by atoms with Crippen molar-refractivity contribution in [3.05, 3.63) is 0 Å². The number of hydrogen-bond donors (Lipinski definition) is 2. The summed E-state index contributed by atoms with van der Waals surface area (Å²) in [6.45, 7) is 0.599. The van der Waals surface area contributed by atoms with Gasteiger partial charge in [-0.2, -0.15) is 0 Å². The summed E-state index contributed by atoms with van der Waals surface area (Å²) in [5, 5.41) is 11.3. The maximum absolute atomic E-state index is 11.7. The molecule has 1 aliphatic rings. The Hall–Kier alpha value is -1.43. The Bertz CT molecular complexity index is 293. The van der Waals surface area contributed by atoms with Crippen LogP contribution in [0.5, 0.6) is 0 Å². The zero-order valence-electron chi connectivity index (χ0n) is 9.72. The van der Waals surface area contributed by atoms with Crippen LogP contribution in [0.2, 0.25) is 0 Å². The molecule has 6 nitrogen and oxygen atoms in total. The van der Waals surface area contributed by atoms with Crippen molar-refractivity contribution in [2.75, 3.05) is 19.7 Å². The van der Waals surface area contributed by atoms with Crippen LogP contribution in [0.15, 0.2) is 0 Å². The van der Waals surface area contributed by atoms with Gasteiger partial charge in [0.05, 0.1) is 0 Å². The molecule has 0 aromatic carbocycles. The average molecular weight is 242 g/mol. The predicted molar refractivity (Wildman–Crippen MR) is 60.1 cm³/mol. The first-order valence-electron chi connectivity index (χ1n) is 5.79. The minimum atomic E-state index is -0.532. The molecule has 1 rings (SSSR count). The summed E-state index contributed by atoms with van der Waals surface area (Å²) in [5.41, 5.74) is 0. The maximum atomic E-state index is 11.7. The third kappa shape index (κ3) is 4.52. The van der Waals surface area contributed by atoms with Gasteiger partial charge in [-0.05, 0) is 12.8 Å². The van der Waals surface area contributed by atoms with Crippen LogP contribution in [0.1, 0.15) is 25.7 Å². The summed E-state index contributed by atoms with van der Waals surface area (Å²) in [6, 6.07) is -0.0939. The van der Waals surface area contributed by atoms with Crippen molar-refractivity contribution >= 4 is 18.1 Å². The molecule has 0 aliphatic carbocycles. The Morgan fingerprint density at radius 3 is 2.88 bits per heavy atom. The molecule has 0 saturated carbocycles. The molecule has 0 aromatic rings. The predicted octanol–water partition coefficient (Wildman–Crippen LogP) is -0.935. The van der Waals surface area contributed by atoms with Gasteiger partial charge in [-0.15, -0.1) is 0 Å². The van der Waals surface area contributed by atoms with Gasteiger partial charge < -0.3 is 20.1 Å². The zero-order valence-corrected chi connectivity index (χ0v) is 9.72. The van der Waals surface area contributed by atoms with E-state index in [2.05, 4.69) is 5.32 Å². The van der Waals surface area contributed by atoms with Gasteiger partial charge in [0.15, 0.2) is 0 Å². The summed E-state index contributed by atoms with van der Waals surface area (Å²) >= 11 is 0. The van der Waals surface area contributed by atoms with Crippen LogP contribution >= 0.6 is 0 Å². The Morgan fingerprint density at radius 1 is 1.47 bits per heavy atom. The fourth-order valence-corrected chi connectivity index (χ4v) is 1.94. The second-order valence-electron chi connectivity index (χ2n) is 4.11. The molecule has 2 amide bonds. The quantitative estimate of drug-likeness (QED) is 0.609. The van der Waals surface area contributed by atoms with E-state index in [1.807, 2.05) is 0 Å². The number of amides is 2. The van der Waals surface area contributed by atoms with E-state index in [9.17, 15) is 14.4 Å². The molecule has 1 aliphatic heterocycles. The lowest BCUT2D eigenvalue weighted by Gasteiger charge is -2.33. The van der Waals surface area contributed by atoms with E-state index < -0.39 is 12.5 Å². The largest absolute Gasteiger partial charge is 0.387 e. The van der Waals surface area contributed by atoms with Gasteiger partial charge in [-0.3, -0.25) is 9.59 Å². The molecule has 1 atom stereocenters. The number of nitrogens with one attached hydrogen (secondary N) is 1. The Balaban J connectivity index is 2.40. The number of aldehydes is 1. The summed E-state index contributed by atoms with van der Waals surface area (Å²) in [7, 11) is 0. The van der Waals surface area contributed by atoms with Crippen LogP contribution in [-0.2, 0) is 14.4 Å². The van der Waals surface area contributed by atoms with Gasteiger partial charge in [-0.25, -0.2) is 0 Å². The first-order chi connectivity index (χ1) is 8.17. The van der Waals surface area contributed by atoms with Gasteiger partial charge in [0, 0.05) is 32.0 Å². The molecule has 6 heteroatoms. The molecule has 17 heavy (non-hydrogen) atoms. The van der Waals surface area contributed by atoms with Gasteiger partial charge >= 0.3 is 0 Å². The highest BCUT2D eigenvalue weighted by molar-refractivity contribution is 5.79. The number of carbonyl (C=O) groups is 3. The van der Waals surface area contributed by atoms with E-state index in [0.29, 0.717) is 13.1 Å². The smallest absolute Gasteiger partial charge is 0.245 e. The lowest BCUT2D eigenvalue weighted by atomic mass is 10.1. The molecule has 0 radical (unpaired) electrons. The number of likely N-dealkylation sites (tertiary alicyclic amines) is 1. The summed E-state index contributed by atoms with van der Waals surface area (Å²) in [6.07, 6.45) is 2.83. The Kier molecular flexibility index (Phi) is 5.62. The molecule has 1 unspecified atom stereocenters. The monoisotopic (exact) mass is 242 g/mol. The molecule has 0 bridgehead atoms. The molecular weight excluding hydrogens is 224 g/mol. The molecule has 2 N–H and O–H groups in total. The van der Waals surface area contributed by atoms with E-state index in [0.717, 1.165) is 19.1 Å². The van der Waals surface area contributed by atoms with Crippen LogP contribution < -0.4 is 5.32 Å². The molecular formula is C11H18N2O4. The minimum Gasteiger partial charge on any atom is -0.387 e. The fraction of sp³-hybridized carbons (Fsp3) is 0.727. The molecule has 1 fully saturated rings. The number of piperidine rings is 1. The van der Waals surface area contributed by atoms with Crippen LogP contribution in [-0.4, -0.2) is 53.8 Å². The van der Waals surface area contributed by atoms with Crippen molar-refractivity contribution < 1.29 is 19.5 Å². The van der Waals surface area contributed by atoms with Crippen molar-refractivity contribution in [1.29, 1.82) is 0 Å². The number of hydrogen-bond acceptors (Lipinski definition) is 4. The van der Waals surface area contributed by atoms with E-state index >= 15 is 0 Å². The van der Waals surface area contributed by atoms with E-state index in [1.54, 1.807) is 4.90 Å². The second-order valence-corrected chi connectivity index (χ2v) is 4.11. The lowest BCUT2D eigenvalue weighted by molar-refractivity contribution is -0.134. The van der Waals surface area contributed by atoms with Crippen LogP contribution in [0.25, 0.3) is 0 Å². The topological polar surface area (TPSA) is 86.7 Å². The molecule has 0 aromatic heterocycles. The number of aliphatic hydroxyl groups excluding tert-OH is 1. The highest BCUT2D eigenvalue weighted by Crippen LogP contribution is 2.11. The van der Waals surface area contributed by atoms with E-state index in [1.165, 1.54) is 0 Å². The summed E-state index contributed by atoms with van der Waals surface area (Å²) < 4.78 is 0. The maximum Gasteiger partial charge on any atom is 0.245 e. The zero-order chi connectivity index (χ0) is 12.7. The number of nitrogens with zero attached hydrogens (tertiary/aromatic N) is 1. The van der Waals surface area contributed by atoms with Gasteiger partial charge in [-0.1, -0.05) is 0 Å². The summed E-state index contributed by atoms with van der Waals surface area (Å²) in [4.78, 5) is 34.5. The van der Waals surface area contributed by atoms with E-state index in [4.69, 9.17) is 5.11 Å². The fourth-order valence-electron chi connectivity index (χ4n) is 1.94. The van der Waals surface area contributed by atoms with Crippen molar-refractivity contribution in [3.8, 4) is 0 Å². The van der Waals surface area contributed by atoms with Crippen LogP contribution in [0.4, 0.5) is 0 Å². The lowest BCUT2D eigenvalue weighted by Crippen LogP contribution is -2.50. The third-order valence-electron chi connectivity index (χ3n) is 2.76. The van der Waals surface area contributed by atoms with Crippen LogP contribution in [0, 0.1) is 0 Å². The molecule has 0 spiro atoms. The highest BCUT2D eigenvalue weighted by atomic mass is 16.3. The Labute approximate surface area is 100.0 Å². The van der Waals surface area contributed by atoms with Crippen molar-refractivity contribution in [2.45, 2.75) is 31.7 Å². The number of rotatable bonds is 5. The number of carbonyl (C=O) groups excluding carboxylic acids is 3. The SMILES string of the molecule is O=CCCC(=O)N1CCCC(NC(=O)CO)C1. The van der Waals surface area contributed by atoms with Gasteiger partial charge in [0.25, 0.3) is 0 Å².